The van der Waals surface area contributed by atoms with Crippen molar-refractivity contribution in [1.29, 1.82) is 0 Å². The zero-order valence-electron chi connectivity index (χ0n) is 52.8. The third-order valence-electron chi connectivity index (χ3n) is 16.4. The molecule has 2 saturated heterocycles. The second-order valence-corrected chi connectivity index (χ2v) is 25.3. The predicted octanol–water partition coefficient (Wildman–Crippen LogP) is 7.02. The SMILES string of the molecule is Cc1cc(NC(=O)[C@H](CCN)NC(=O)[C@@H]2Cc3ccccc3CN2C(=O)CCC(=O)N2CCCCC2)ccc1Cl.Cc1cc(NC(=O)[C@H](CCNC(=O)CNC(=O)OC(C)(C)C)NC(=O)[C@@H]2Cc3ccccc3CN2C(=O)CCC(=O)N2CCCCC2)ccc1Cl. The van der Waals surface area contributed by atoms with Crippen molar-refractivity contribution < 1.29 is 52.7 Å². The van der Waals surface area contributed by atoms with Gasteiger partial charge in [-0.3, -0.25) is 43.2 Å². The number of fused-ring (bicyclic) bond motifs is 2. The Morgan fingerprint density at radius 3 is 1.36 bits per heavy atom. The fourth-order valence-electron chi connectivity index (χ4n) is 11.4. The lowest BCUT2D eigenvalue weighted by molar-refractivity contribution is -0.144. The standard InChI is InChI=1S/C37H49ClN6O7.C30H38ClN5O4/c1-24-20-27(12-13-28(24)38)41-34(48)29(16-17-39-31(45)22-40-36(50)51-37(2,3)4)42-35(49)30-21-25-10-6-7-11-26(25)23-44(30)33(47)15-14-32(46)43-18-8-5-9-19-43;1-20-17-23(9-10-24(20)31)33-29(39)25(13-14-32)34-30(40)26-18-21-7-3-4-8-22(21)19-36(26)28(38)12-11-27(37)35-15-5-2-6-16-35/h6-7,10-13,20,29-30H,5,8-9,14-19,21-23H2,1-4H3,(H,39,45)(H,40,50)(H,41,48)(H,42,49);3-4,7-10,17,25-26H,2,5-6,11-16,18-19,32H2,1H3,(H,33,39)(H,34,40)/t29-,30-;25-,26-/m00/s1. The Morgan fingerprint density at radius 2 is 0.956 bits per heavy atom. The number of rotatable bonds is 21. The molecular weight excluding hydrogens is 1210 g/mol. The summed E-state index contributed by atoms with van der Waals surface area (Å²) in [6, 6.07) is 21.7. The van der Waals surface area contributed by atoms with E-state index in [0.29, 0.717) is 40.9 Å². The van der Waals surface area contributed by atoms with E-state index < -0.39 is 65.4 Å². The van der Waals surface area contributed by atoms with Crippen LogP contribution in [0.25, 0.3) is 0 Å². The van der Waals surface area contributed by atoms with Gasteiger partial charge in [0.05, 0.1) is 6.54 Å². The van der Waals surface area contributed by atoms with Crippen LogP contribution in [0, 0.1) is 13.8 Å². The van der Waals surface area contributed by atoms with Gasteiger partial charge in [0.25, 0.3) is 0 Å². The Kier molecular flexibility index (Phi) is 26.2. The Hall–Kier alpha value is -8.08. The molecule has 0 unspecified atom stereocenters. The van der Waals surface area contributed by atoms with Gasteiger partial charge < -0.3 is 62.0 Å². The molecule has 0 bridgehead atoms. The molecule has 490 valence electrons. The van der Waals surface area contributed by atoms with Crippen LogP contribution in [-0.4, -0.2) is 154 Å². The summed E-state index contributed by atoms with van der Waals surface area (Å²) in [6.07, 6.45) is 6.27. The molecule has 24 heteroatoms. The normalized spacial score (nSPS) is 16.8. The third kappa shape index (κ3) is 21.2. The number of ether oxygens (including phenoxy) is 1. The quantitative estimate of drug-likeness (QED) is 0.0443. The van der Waals surface area contributed by atoms with E-state index in [4.69, 9.17) is 33.7 Å². The summed E-state index contributed by atoms with van der Waals surface area (Å²) in [6.45, 7) is 11.9. The van der Waals surface area contributed by atoms with Crippen molar-refractivity contribution in [2.24, 2.45) is 5.73 Å². The van der Waals surface area contributed by atoms with Gasteiger partial charge in [-0.15, -0.1) is 0 Å². The maximum atomic E-state index is 14.0. The van der Waals surface area contributed by atoms with Gasteiger partial charge in [-0.25, -0.2) is 4.79 Å². The lowest BCUT2D eigenvalue weighted by Crippen LogP contribution is -2.56. The number of halogens is 2. The highest BCUT2D eigenvalue weighted by Crippen LogP contribution is 2.28. The van der Waals surface area contributed by atoms with Gasteiger partial charge in [0, 0.05) is 106 Å². The van der Waals surface area contributed by atoms with E-state index in [0.717, 1.165) is 85.0 Å². The van der Waals surface area contributed by atoms with Crippen LogP contribution in [-0.2, 0) is 73.8 Å². The minimum atomic E-state index is -1.11. The van der Waals surface area contributed by atoms with Crippen molar-refractivity contribution in [3.63, 3.8) is 0 Å². The summed E-state index contributed by atoms with van der Waals surface area (Å²) >= 11 is 12.3. The zero-order valence-corrected chi connectivity index (χ0v) is 54.3. The molecule has 10 amide bonds. The van der Waals surface area contributed by atoms with Gasteiger partial charge in [0.15, 0.2) is 0 Å². The zero-order chi connectivity index (χ0) is 65.8. The molecule has 91 heavy (non-hydrogen) atoms. The molecule has 8 rings (SSSR count). The number of nitrogens with one attached hydrogen (secondary N) is 6. The van der Waals surface area contributed by atoms with Crippen LogP contribution in [0.2, 0.25) is 10.0 Å². The average Bonchev–Trinajstić information content (AvgIpc) is 0.853. The molecule has 8 N–H and O–H groups in total. The van der Waals surface area contributed by atoms with Gasteiger partial charge in [-0.05, 0) is 162 Å². The molecule has 22 nitrogen and oxygen atoms in total. The van der Waals surface area contributed by atoms with Crippen molar-refractivity contribution in [2.45, 2.75) is 167 Å². The van der Waals surface area contributed by atoms with E-state index in [2.05, 4.69) is 31.9 Å². The fraction of sp³-hybridized carbons (Fsp3) is 0.493. The van der Waals surface area contributed by atoms with Crippen molar-refractivity contribution in [3.8, 4) is 0 Å². The van der Waals surface area contributed by atoms with Crippen LogP contribution >= 0.6 is 23.2 Å². The van der Waals surface area contributed by atoms with Crippen LogP contribution in [0.5, 0.6) is 0 Å². The summed E-state index contributed by atoms with van der Waals surface area (Å²) in [5, 5.41) is 17.5. The summed E-state index contributed by atoms with van der Waals surface area (Å²) in [5.74, 6) is -3.08. The van der Waals surface area contributed by atoms with Crippen LogP contribution in [0.1, 0.15) is 131 Å². The number of amides is 10. The molecule has 0 radical (unpaired) electrons. The Bertz CT molecular complexity index is 3270. The molecule has 0 aromatic heterocycles. The van der Waals surface area contributed by atoms with Gasteiger partial charge in [-0.2, -0.15) is 0 Å². The predicted molar refractivity (Wildman–Crippen MR) is 347 cm³/mol. The molecule has 0 spiro atoms. The number of nitrogens with two attached hydrogens (primary N) is 1. The van der Waals surface area contributed by atoms with Crippen molar-refractivity contribution in [1.82, 2.24) is 40.9 Å². The lowest BCUT2D eigenvalue weighted by atomic mass is 9.92. The van der Waals surface area contributed by atoms with Crippen LogP contribution in [0.15, 0.2) is 84.9 Å². The van der Waals surface area contributed by atoms with Crippen LogP contribution < -0.4 is 37.6 Å². The molecule has 4 aliphatic rings. The molecule has 4 aromatic carbocycles. The minimum Gasteiger partial charge on any atom is -0.444 e. The fourth-order valence-corrected chi connectivity index (χ4v) is 11.6. The number of aryl methyl sites for hydroxylation is 2. The smallest absolute Gasteiger partial charge is 0.408 e. The number of nitrogens with zero attached hydrogens (tertiary/aromatic N) is 4. The summed E-state index contributed by atoms with van der Waals surface area (Å²) < 4.78 is 5.15. The first-order valence-corrected chi connectivity index (χ1v) is 32.2. The number of anilines is 2. The topological polar surface area (TPSA) is 291 Å². The molecule has 4 aliphatic heterocycles. The van der Waals surface area contributed by atoms with E-state index in [1.807, 2.05) is 60.4 Å². The second-order valence-electron chi connectivity index (χ2n) is 24.5. The first kappa shape index (κ1) is 70.4. The largest absolute Gasteiger partial charge is 0.444 e. The van der Waals surface area contributed by atoms with Gasteiger partial charge in [-0.1, -0.05) is 71.7 Å². The number of piperidine rings is 2. The molecular formula is C67H87Cl2N11O11. The highest BCUT2D eigenvalue weighted by atomic mass is 35.5. The summed E-state index contributed by atoms with van der Waals surface area (Å²) in [5.41, 5.74) is 11.4. The van der Waals surface area contributed by atoms with E-state index in [9.17, 15) is 47.9 Å². The number of carbonyl (C=O) groups excluding carboxylic acids is 10. The monoisotopic (exact) mass is 1290 g/mol. The Morgan fingerprint density at radius 1 is 0.549 bits per heavy atom. The molecule has 2 fully saturated rings. The minimum absolute atomic E-state index is 0.00388. The molecule has 0 saturated carbocycles. The van der Waals surface area contributed by atoms with E-state index >= 15 is 0 Å². The molecule has 4 aromatic rings. The number of alkyl carbamates (subject to hydrolysis) is 1. The maximum absolute atomic E-state index is 14.0. The number of likely N-dealkylation sites (tertiary alicyclic amines) is 2. The second kappa shape index (κ2) is 33.8. The van der Waals surface area contributed by atoms with Gasteiger partial charge in [0.2, 0.25) is 53.2 Å². The van der Waals surface area contributed by atoms with Gasteiger partial charge >= 0.3 is 6.09 Å². The third-order valence-corrected chi connectivity index (χ3v) is 17.2. The first-order chi connectivity index (χ1) is 43.5. The number of carbonyl (C=O) groups is 10. The lowest BCUT2D eigenvalue weighted by Gasteiger charge is -2.37. The van der Waals surface area contributed by atoms with Crippen molar-refractivity contribution in [3.05, 3.63) is 128 Å². The maximum Gasteiger partial charge on any atom is 0.408 e. The highest BCUT2D eigenvalue weighted by molar-refractivity contribution is 6.31. The first-order valence-electron chi connectivity index (χ1n) is 31.4. The number of hydrogen-bond acceptors (Lipinski definition) is 12. The van der Waals surface area contributed by atoms with Crippen LogP contribution in [0.4, 0.5) is 16.2 Å². The molecule has 4 heterocycles. The summed E-state index contributed by atoms with van der Waals surface area (Å²) in [7, 11) is 0. The molecule has 0 aliphatic carbocycles. The highest BCUT2D eigenvalue weighted by Gasteiger charge is 2.39. The Labute approximate surface area is 542 Å². The van der Waals surface area contributed by atoms with Crippen molar-refractivity contribution >= 4 is 93.8 Å². The van der Waals surface area contributed by atoms with Crippen LogP contribution in [0.3, 0.4) is 0 Å². The molecule has 4 atom stereocenters. The summed E-state index contributed by atoms with van der Waals surface area (Å²) in [4.78, 5) is 138. The van der Waals surface area contributed by atoms with Crippen molar-refractivity contribution in [2.75, 3.05) is 56.4 Å². The number of hydrogen-bond donors (Lipinski definition) is 7. The Balaban J connectivity index is 0.000000266. The van der Waals surface area contributed by atoms with E-state index in [1.165, 1.54) is 4.90 Å². The number of benzene rings is 4. The van der Waals surface area contributed by atoms with E-state index in [-0.39, 0.29) is 101 Å². The van der Waals surface area contributed by atoms with Gasteiger partial charge in [0.1, 0.15) is 29.8 Å². The average molecular weight is 1290 g/mol. The van der Waals surface area contributed by atoms with E-state index in [1.54, 1.807) is 73.9 Å².